The zero-order chi connectivity index (χ0) is 26.1. The summed E-state index contributed by atoms with van der Waals surface area (Å²) in [6.45, 7) is -0.928. The summed E-state index contributed by atoms with van der Waals surface area (Å²) >= 11 is 0. The van der Waals surface area contributed by atoms with Crippen molar-refractivity contribution in [1.29, 1.82) is 0 Å². The predicted molar refractivity (Wildman–Crippen MR) is 123 cm³/mol. The molecule has 2 aromatic heterocycles. The summed E-state index contributed by atoms with van der Waals surface area (Å²) in [4.78, 5) is 31.4. The van der Waals surface area contributed by atoms with E-state index in [0.717, 1.165) is 28.6 Å². The van der Waals surface area contributed by atoms with Gasteiger partial charge in [0, 0.05) is 12.0 Å². The molecule has 0 radical (unpaired) electrons. The van der Waals surface area contributed by atoms with Crippen molar-refractivity contribution in [1.82, 2.24) is 30.0 Å². The highest BCUT2D eigenvalue weighted by atomic mass is 19.3. The van der Waals surface area contributed by atoms with Crippen LogP contribution in [0.25, 0.3) is 0 Å². The van der Waals surface area contributed by atoms with Crippen molar-refractivity contribution in [3.63, 3.8) is 0 Å². The Morgan fingerprint density at radius 3 is 2.54 bits per heavy atom. The van der Waals surface area contributed by atoms with Gasteiger partial charge in [-0.1, -0.05) is 36.4 Å². The van der Waals surface area contributed by atoms with Crippen molar-refractivity contribution in [3.05, 3.63) is 77.4 Å². The third-order valence-electron chi connectivity index (χ3n) is 6.65. The smallest absolute Gasteiger partial charge is 0.297 e. The number of nitrogens with one attached hydrogen (secondary N) is 1. The first-order valence-corrected chi connectivity index (χ1v) is 11.9. The second kappa shape index (κ2) is 10.3. The second-order valence-electron chi connectivity index (χ2n) is 9.26. The fraction of sp³-hybridized carbons (Fsp3) is 0.400. The van der Waals surface area contributed by atoms with Crippen molar-refractivity contribution >= 4 is 11.8 Å². The van der Waals surface area contributed by atoms with Gasteiger partial charge in [-0.25, -0.2) is 18.2 Å². The van der Waals surface area contributed by atoms with Crippen LogP contribution in [-0.4, -0.2) is 55.2 Å². The summed E-state index contributed by atoms with van der Waals surface area (Å²) < 4.78 is 56.3. The molecule has 1 aliphatic heterocycles. The van der Waals surface area contributed by atoms with Gasteiger partial charge in [0.2, 0.25) is 17.8 Å². The van der Waals surface area contributed by atoms with Gasteiger partial charge in [0.05, 0.1) is 18.3 Å². The number of pyridine rings is 1. The number of rotatable bonds is 8. The molecule has 1 saturated heterocycles. The van der Waals surface area contributed by atoms with Crippen molar-refractivity contribution in [2.45, 2.75) is 56.4 Å². The summed E-state index contributed by atoms with van der Waals surface area (Å²) in [6.07, 6.45) is -1.90. The van der Waals surface area contributed by atoms with Gasteiger partial charge in [-0.3, -0.25) is 9.59 Å². The third kappa shape index (κ3) is 5.32. The summed E-state index contributed by atoms with van der Waals surface area (Å²) in [7, 11) is 0. The lowest BCUT2D eigenvalue weighted by molar-refractivity contribution is -0.139. The van der Waals surface area contributed by atoms with E-state index in [9.17, 15) is 27.2 Å². The van der Waals surface area contributed by atoms with Crippen LogP contribution in [0.3, 0.4) is 0 Å². The Hall–Kier alpha value is -3.83. The molecule has 12 heteroatoms. The van der Waals surface area contributed by atoms with Gasteiger partial charge in [0.25, 0.3) is 6.43 Å². The molecule has 2 aliphatic rings. The third-order valence-corrected chi connectivity index (χ3v) is 6.65. The van der Waals surface area contributed by atoms with Gasteiger partial charge in [-0.15, -0.1) is 10.2 Å². The van der Waals surface area contributed by atoms with Crippen molar-refractivity contribution in [2.24, 2.45) is 0 Å². The molecule has 37 heavy (non-hydrogen) atoms. The first kappa shape index (κ1) is 24.8. The number of nitrogens with zero attached hydrogens (tertiary/aromatic N) is 5. The van der Waals surface area contributed by atoms with Gasteiger partial charge >= 0.3 is 0 Å². The molecule has 5 rings (SSSR count). The highest BCUT2D eigenvalue weighted by Gasteiger charge is 2.41. The number of carbonyl (C=O) groups is 2. The fourth-order valence-electron chi connectivity index (χ4n) is 4.63. The number of carbonyl (C=O) groups excluding carboxylic acids is 2. The van der Waals surface area contributed by atoms with Crippen LogP contribution < -0.4 is 5.32 Å². The minimum Gasteiger partial charge on any atom is -0.342 e. The van der Waals surface area contributed by atoms with E-state index >= 15 is 0 Å². The van der Waals surface area contributed by atoms with E-state index in [4.69, 9.17) is 0 Å². The quantitative estimate of drug-likeness (QED) is 0.366. The van der Waals surface area contributed by atoms with Crippen molar-refractivity contribution < 1.29 is 27.2 Å². The Morgan fingerprint density at radius 1 is 1.11 bits per heavy atom. The molecule has 0 bridgehead atoms. The second-order valence-corrected chi connectivity index (χ2v) is 9.26. The molecule has 2 amide bonds. The Labute approximate surface area is 209 Å². The van der Waals surface area contributed by atoms with Crippen LogP contribution in [-0.2, 0) is 16.1 Å². The lowest BCUT2D eigenvalue weighted by Crippen LogP contribution is -2.48. The average Bonchev–Trinajstić information content (AvgIpc) is 3.48. The zero-order valence-electron chi connectivity index (χ0n) is 19.6. The standard InChI is InChI=1S/C25H24F4N6O2/c26-16-10-19(35(11-16)20(36)12-34-13-30-33-24(34)22(27)28)25(37)32-21(15-4-2-1-3-5-15)18-9-8-17(14-6-7-14)23(29)31-18/h1-5,8-9,13-14,16,19,21-22H,6-7,10-12H2,(H,32,37)/t16-,19+,21+/m1/s1. The minimum atomic E-state index is -2.95. The lowest BCUT2D eigenvalue weighted by Gasteiger charge is -2.27. The predicted octanol–water partition coefficient (Wildman–Crippen LogP) is 3.47. The molecular weight excluding hydrogens is 492 g/mol. The molecule has 1 aromatic carbocycles. The van der Waals surface area contributed by atoms with E-state index < -0.39 is 54.8 Å². The van der Waals surface area contributed by atoms with Crippen molar-refractivity contribution in [3.8, 4) is 0 Å². The number of hydrogen-bond donors (Lipinski definition) is 1. The van der Waals surface area contributed by atoms with E-state index in [2.05, 4.69) is 20.5 Å². The number of benzene rings is 1. The molecule has 1 N–H and O–H groups in total. The zero-order valence-corrected chi connectivity index (χ0v) is 19.6. The summed E-state index contributed by atoms with van der Waals surface area (Å²) in [5, 5.41) is 9.49. The molecule has 1 saturated carbocycles. The van der Waals surface area contributed by atoms with Gasteiger partial charge in [-0.2, -0.15) is 4.39 Å². The van der Waals surface area contributed by atoms with E-state index in [1.807, 2.05) is 0 Å². The van der Waals surface area contributed by atoms with E-state index in [1.54, 1.807) is 42.5 Å². The van der Waals surface area contributed by atoms with Crippen LogP contribution >= 0.6 is 0 Å². The Kier molecular flexibility index (Phi) is 6.90. The number of hydrogen-bond acceptors (Lipinski definition) is 5. The fourth-order valence-corrected chi connectivity index (χ4v) is 4.63. The minimum absolute atomic E-state index is 0.155. The highest BCUT2D eigenvalue weighted by Crippen LogP contribution is 2.41. The maximum atomic E-state index is 14.8. The van der Waals surface area contributed by atoms with E-state index in [0.29, 0.717) is 11.1 Å². The maximum Gasteiger partial charge on any atom is 0.297 e. The Morgan fingerprint density at radius 2 is 1.86 bits per heavy atom. The monoisotopic (exact) mass is 516 g/mol. The van der Waals surface area contributed by atoms with Crippen LogP contribution in [0.5, 0.6) is 0 Å². The molecule has 3 heterocycles. The molecule has 3 aromatic rings. The number of aromatic nitrogens is 4. The highest BCUT2D eigenvalue weighted by molar-refractivity contribution is 5.88. The Bertz CT molecular complexity index is 1280. The molecule has 0 unspecified atom stereocenters. The molecule has 0 spiro atoms. The summed E-state index contributed by atoms with van der Waals surface area (Å²) in [5.74, 6) is -2.52. The molecule has 3 atom stereocenters. The van der Waals surface area contributed by atoms with Crippen LogP contribution in [0.1, 0.15) is 60.3 Å². The van der Waals surface area contributed by atoms with E-state index in [-0.39, 0.29) is 24.6 Å². The largest absolute Gasteiger partial charge is 0.342 e. The Balaban J connectivity index is 1.37. The van der Waals surface area contributed by atoms with Gasteiger partial charge in [0.1, 0.15) is 25.1 Å². The molecule has 8 nitrogen and oxygen atoms in total. The molecule has 2 fully saturated rings. The number of alkyl halides is 3. The number of likely N-dealkylation sites (tertiary alicyclic amines) is 1. The molecular formula is C25H24F4N6O2. The average molecular weight is 516 g/mol. The van der Waals surface area contributed by atoms with Crippen molar-refractivity contribution in [2.75, 3.05) is 6.54 Å². The van der Waals surface area contributed by atoms with Gasteiger partial charge in [-0.05, 0) is 30.4 Å². The summed E-state index contributed by atoms with van der Waals surface area (Å²) in [5.41, 5.74) is 1.42. The normalized spacial score (nSPS) is 20.3. The summed E-state index contributed by atoms with van der Waals surface area (Å²) in [6, 6.07) is 10.1. The van der Waals surface area contributed by atoms with Crippen LogP contribution in [0.4, 0.5) is 17.6 Å². The number of amides is 2. The molecule has 1 aliphatic carbocycles. The maximum absolute atomic E-state index is 14.8. The number of halogens is 4. The topological polar surface area (TPSA) is 93.0 Å². The lowest BCUT2D eigenvalue weighted by atomic mass is 10.0. The van der Waals surface area contributed by atoms with Crippen LogP contribution in [0, 0.1) is 5.95 Å². The van der Waals surface area contributed by atoms with Gasteiger partial charge < -0.3 is 14.8 Å². The van der Waals surface area contributed by atoms with Crippen LogP contribution in [0.2, 0.25) is 0 Å². The van der Waals surface area contributed by atoms with Gasteiger partial charge in [0.15, 0.2) is 5.82 Å². The van der Waals surface area contributed by atoms with Crippen LogP contribution in [0.15, 0.2) is 48.8 Å². The SMILES string of the molecule is O=C(N[C@@H](c1ccccc1)c1ccc(C2CC2)c(F)n1)[C@@H]1C[C@@H](F)CN1C(=O)Cn1cnnc1C(F)F. The molecule has 194 valence electrons. The first-order chi connectivity index (χ1) is 17.8. The van der Waals surface area contributed by atoms with E-state index in [1.165, 1.54) is 0 Å². The first-order valence-electron chi connectivity index (χ1n) is 11.9.